The molecule has 1 heterocycles. The highest BCUT2D eigenvalue weighted by molar-refractivity contribution is 14.1. The van der Waals surface area contributed by atoms with Crippen molar-refractivity contribution in [1.82, 2.24) is 9.97 Å². The van der Waals surface area contributed by atoms with Crippen molar-refractivity contribution >= 4 is 28.4 Å². The number of aromatic nitrogens is 2. The van der Waals surface area contributed by atoms with Crippen molar-refractivity contribution in [3.05, 3.63) is 15.1 Å². The molecule has 0 aromatic carbocycles. The lowest BCUT2D eigenvalue weighted by Crippen LogP contribution is -2.07. The van der Waals surface area contributed by atoms with Crippen molar-refractivity contribution in [2.24, 2.45) is 5.92 Å². The van der Waals surface area contributed by atoms with E-state index >= 15 is 0 Å². The summed E-state index contributed by atoms with van der Waals surface area (Å²) in [6.45, 7) is 7.31. The van der Waals surface area contributed by atoms with Gasteiger partial charge in [0.1, 0.15) is 11.6 Å². The number of rotatable bonds is 3. The molecule has 4 heteroatoms. The number of aryl methyl sites for hydroxylation is 1. The Hall–Kier alpha value is -0.390. The van der Waals surface area contributed by atoms with Crippen LogP contribution in [0.25, 0.3) is 0 Å². The standard InChI is InChI=1S/C11H16IN3/c1-4-13-11-9(12)7(3)14-10(15-11)8-5-6(8)2/h6,8H,4-5H2,1-3H3,(H,13,14,15). The van der Waals surface area contributed by atoms with Gasteiger partial charge >= 0.3 is 0 Å². The van der Waals surface area contributed by atoms with Crippen LogP contribution >= 0.6 is 22.6 Å². The van der Waals surface area contributed by atoms with Crippen LogP contribution in [0.5, 0.6) is 0 Å². The minimum Gasteiger partial charge on any atom is -0.369 e. The van der Waals surface area contributed by atoms with Gasteiger partial charge in [0, 0.05) is 12.5 Å². The molecule has 0 saturated heterocycles. The van der Waals surface area contributed by atoms with Crippen LogP contribution in [0, 0.1) is 16.4 Å². The molecular weight excluding hydrogens is 301 g/mol. The fourth-order valence-corrected chi connectivity index (χ4v) is 2.15. The minimum absolute atomic E-state index is 0.595. The smallest absolute Gasteiger partial charge is 0.143 e. The van der Waals surface area contributed by atoms with E-state index in [-0.39, 0.29) is 0 Å². The molecule has 82 valence electrons. The summed E-state index contributed by atoms with van der Waals surface area (Å²) in [6, 6.07) is 0. The van der Waals surface area contributed by atoms with Crippen LogP contribution in [0.1, 0.15) is 37.7 Å². The highest BCUT2D eigenvalue weighted by Gasteiger charge is 2.37. The molecule has 1 fully saturated rings. The quantitative estimate of drug-likeness (QED) is 0.871. The van der Waals surface area contributed by atoms with E-state index in [0.29, 0.717) is 5.92 Å². The lowest BCUT2D eigenvalue weighted by atomic mass is 10.3. The van der Waals surface area contributed by atoms with Crippen LogP contribution in [0.2, 0.25) is 0 Å². The van der Waals surface area contributed by atoms with Crippen molar-refractivity contribution < 1.29 is 0 Å². The summed E-state index contributed by atoms with van der Waals surface area (Å²) in [5.74, 6) is 3.38. The van der Waals surface area contributed by atoms with E-state index in [9.17, 15) is 0 Å². The first-order valence-corrected chi connectivity index (χ1v) is 6.49. The Kier molecular flexibility index (Phi) is 3.13. The Morgan fingerprint density at radius 3 is 2.67 bits per heavy atom. The topological polar surface area (TPSA) is 37.8 Å². The summed E-state index contributed by atoms with van der Waals surface area (Å²) in [5.41, 5.74) is 1.09. The van der Waals surface area contributed by atoms with Crippen LogP contribution < -0.4 is 5.32 Å². The van der Waals surface area contributed by atoms with Crippen molar-refractivity contribution in [3.8, 4) is 0 Å². The SMILES string of the molecule is CCNc1nc(C2CC2C)nc(C)c1I. The molecule has 1 aliphatic carbocycles. The van der Waals surface area contributed by atoms with E-state index in [0.717, 1.165) is 33.4 Å². The molecule has 0 aliphatic heterocycles. The third-order valence-electron chi connectivity index (χ3n) is 2.82. The van der Waals surface area contributed by atoms with Gasteiger partial charge in [-0.2, -0.15) is 0 Å². The summed E-state index contributed by atoms with van der Waals surface area (Å²) >= 11 is 2.31. The van der Waals surface area contributed by atoms with Gasteiger partial charge in [-0.3, -0.25) is 0 Å². The molecule has 0 amide bonds. The zero-order valence-electron chi connectivity index (χ0n) is 9.34. The molecule has 15 heavy (non-hydrogen) atoms. The molecule has 0 spiro atoms. The predicted molar refractivity (Wildman–Crippen MR) is 70.2 cm³/mol. The number of hydrogen-bond donors (Lipinski definition) is 1. The maximum Gasteiger partial charge on any atom is 0.143 e. The van der Waals surface area contributed by atoms with Crippen molar-refractivity contribution in [1.29, 1.82) is 0 Å². The summed E-state index contributed by atoms with van der Waals surface area (Å²) in [4.78, 5) is 9.17. The Morgan fingerprint density at radius 1 is 1.47 bits per heavy atom. The van der Waals surface area contributed by atoms with Crippen LogP contribution in [0.3, 0.4) is 0 Å². The lowest BCUT2D eigenvalue weighted by Gasteiger charge is -2.09. The molecule has 0 radical (unpaired) electrons. The monoisotopic (exact) mass is 317 g/mol. The summed E-state index contributed by atoms with van der Waals surface area (Å²) in [5, 5.41) is 3.30. The number of anilines is 1. The second-order valence-electron chi connectivity index (χ2n) is 4.18. The maximum absolute atomic E-state index is 4.61. The molecule has 2 rings (SSSR count). The van der Waals surface area contributed by atoms with E-state index in [1.165, 1.54) is 6.42 Å². The minimum atomic E-state index is 0.595. The summed E-state index contributed by atoms with van der Waals surface area (Å²) in [7, 11) is 0. The van der Waals surface area contributed by atoms with Gasteiger partial charge in [0.05, 0.1) is 9.26 Å². The normalized spacial score (nSPS) is 24.0. The lowest BCUT2D eigenvalue weighted by molar-refractivity contribution is 0.829. The molecule has 1 N–H and O–H groups in total. The van der Waals surface area contributed by atoms with E-state index < -0.39 is 0 Å². The Labute approximate surface area is 104 Å². The second kappa shape index (κ2) is 4.23. The average Bonchev–Trinajstić information content (AvgIpc) is 2.91. The van der Waals surface area contributed by atoms with Gasteiger partial charge in [-0.25, -0.2) is 9.97 Å². The van der Waals surface area contributed by atoms with Gasteiger partial charge in [0.15, 0.2) is 0 Å². The maximum atomic E-state index is 4.61. The molecule has 2 unspecified atom stereocenters. The number of nitrogens with zero attached hydrogens (tertiary/aromatic N) is 2. The number of hydrogen-bond acceptors (Lipinski definition) is 3. The highest BCUT2D eigenvalue weighted by Crippen LogP contribution is 2.45. The number of nitrogens with one attached hydrogen (secondary N) is 1. The zero-order valence-corrected chi connectivity index (χ0v) is 11.5. The molecule has 1 saturated carbocycles. The summed E-state index contributed by atoms with van der Waals surface area (Å²) in [6.07, 6.45) is 1.24. The third-order valence-corrected chi connectivity index (χ3v) is 4.11. The van der Waals surface area contributed by atoms with Gasteiger partial charge in [0.2, 0.25) is 0 Å². The van der Waals surface area contributed by atoms with Crippen molar-refractivity contribution in [2.75, 3.05) is 11.9 Å². The van der Waals surface area contributed by atoms with Crippen LogP contribution in [-0.2, 0) is 0 Å². The molecule has 1 aliphatic rings. The molecule has 1 aromatic rings. The van der Waals surface area contributed by atoms with Crippen molar-refractivity contribution in [3.63, 3.8) is 0 Å². The van der Waals surface area contributed by atoms with Crippen LogP contribution in [-0.4, -0.2) is 16.5 Å². The highest BCUT2D eigenvalue weighted by atomic mass is 127. The largest absolute Gasteiger partial charge is 0.369 e. The van der Waals surface area contributed by atoms with E-state index in [4.69, 9.17) is 0 Å². The Bertz CT molecular complexity index is 378. The average molecular weight is 317 g/mol. The van der Waals surface area contributed by atoms with Crippen molar-refractivity contribution in [2.45, 2.75) is 33.1 Å². The van der Waals surface area contributed by atoms with Crippen LogP contribution in [0.4, 0.5) is 5.82 Å². The van der Waals surface area contributed by atoms with Gasteiger partial charge < -0.3 is 5.32 Å². The second-order valence-corrected chi connectivity index (χ2v) is 5.26. The van der Waals surface area contributed by atoms with Gasteiger partial charge in [0.25, 0.3) is 0 Å². The number of halogens is 1. The summed E-state index contributed by atoms with van der Waals surface area (Å²) < 4.78 is 1.14. The fourth-order valence-electron chi connectivity index (χ4n) is 1.71. The van der Waals surface area contributed by atoms with E-state index in [1.54, 1.807) is 0 Å². The molecule has 2 atom stereocenters. The fraction of sp³-hybridized carbons (Fsp3) is 0.636. The van der Waals surface area contributed by atoms with E-state index in [2.05, 4.69) is 58.6 Å². The molecule has 1 aromatic heterocycles. The zero-order chi connectivity index (χ0) is 11.0. The van der Waals surface area contributed by atoms with Gasteiger partial charge in [-0.15, -0.1) is 0 Å². The van der Waals surface area contributed by atoms with Gasteiger partial charge in [-0.1, -0.05) is 6.92 Å². The Balaban J connectivity index is 2.33. The van der Waals surface area contributed by atoms with E-state index in [1.807, 2.05) is 0 Å². The third kappa shape index (κ3) is 2.24. The van der Waals surface area contributed by atoms with Crippen LogP contribution in [0.15, 0.2) is 0 Å². The Morgan fingerprint density at radius 2 is 2.13 bits per heavy atom. The van der Waals surface area contributed by atoms with Gasteiger partial charge in [-0.05, 0) is 48.8 Å². The predicted octanol–water partition coefficient (Wildman–Crippen LogP) is 2.94. The first kappa shape index (κ1) is 11.1. The molecule has 3 nitrogen and oxygen atoms in total. The molecule has 0 bridgehead atoms. The first-order valence-electron chi connectivity index (χ1n) is 5.41. The first-order chi connectivity index (χ1) is 7.13. The molecular formula is C11H16IN3.